The van der Waals surface area contributed by atoms with E-state index in [9.17, 15) is 0 Å². The molecule has 2 aliphatic rings. The van der Waals surface area contributed by atoms with Crippen molar-refractivity contribution >= 4 is 0 Å². The van der Waals surface area contributed by atoms with Crippen LogP contribution in [0, 0.1) is 0 Å². The van der Waals surface area contributed by atoms with E-state index in [2.05, 4.69) is 39.8 Å². The maximum Gasteiger partial charge on any atom is -1.00 e. The molecule has 0 heterocycles. The Labute approximate surface area is 154 Å². The van der Waals surface area contributed by atoms with Crippen molar-refractivity contribution < 1.29 is 47.7 Å². The van der Waals surface area contributed by atoms with E-state index < -0.39 is 22.9 Å². The summed E-state index contributed by atoms with van der Waals surface area (Å²) < 4.78 is 3.57. The largest absolute Gasteiger partial charge is 1.00 e. The van der Waals surface area contributed by atoms with Gasteiger partial charge in [0.05, 0.1) is 0 Å². The maximum atomic E-state index is 2.55. The van der Waals surface area contributed by atoms with Crippen LogP contribution in [0.5, 0.6) is 0 Å². The van der Waals surface area contributed by atoms with Gasteiger partial charge in [0.2, 0.25) is 0 Å². The molecule has 0 aromatic carbocycles. The van der Waals surface area contributed by atoms with Gasteiger partial charge in [0.15, 0.2) is 0 Å². The van der Waals surface area contributed by atoms with Gasteiger partial charge in [-0.25, -0.2) is 0 Å². The van der Waals surface area contributed by atoms with Crippen molar-refractivity contribution in [3.63, 3.8) is 0 Å². The molecule has 0 saturated heterocycles. The van der Waals surface area contributed by atoms with E-state index in [1.54, 1.807) is 29.0 Å². The monoisotopic (exact) mass is 492 g/mol. The van der Waals surface area contributed by atoms with Crippen LogP contribution in [0.15, 0.2) is 41.1 Å². The van der Waals surface area contributed by atoms with Crippen LogP contribution in [0.4, 0.5) is 0 Å². The molecule has 0 saturated carbocycles. The minimum atomic E-state index is -0.776. The fraction of sp³-hybridized carbons (Fsp3) is 0.556. The first-order valence-electron chi connectivity index (χ1n) is 7.72. The van der Waals surface area contributed by atoms with Crippen molar-refractivity contribution in [1.82, 2.24) is 0 Å². The standard InChI is InChI=1S/2C9H13.2ClH.Hf/c2*1-3-5-9-7-4-6-8(9)2;;;/h2*4H,3,5,7H2,1-2H3;2*1H;/q;;;;+2/p-2. The fourth-order valence-corrected chi connectivity index (χ4v) is 8.19. The van der Waals surface area contributed by atoms with Crippen LogP contribution in [0.1, 0.15) is 66.2 Å². The second-order valence-corrected chi connectivity index (χ2v) is 10.5. The molecule has 21 heavy (non-hydrogen) atoms. The predicted octanol–water partition coefficient (Wildman–Crippen LogP) is -0.115. The summed E-state index contributed by atoms with van der Waals surface area (Å²) in [5.41, 5.74) is 6.78. The zero-order valence-corrected chi connectivity index (χ0v) is 18.8. The van der Waals surface area contributed by atoms with Crippen LogP contribution in [-0.4, -0.2) is 0 Å². The fourth-order valence-electron chi connectivity index (χ4n) is 3.06. The average Bonchev–Trinajstić information content (AvgIpc) is 2.90. The molecular formula is C18H26Cl2Hf. The Kier molecular flexibility index (Phi) is 10.4. The van der Waals surface area contributed by atoms with Gasteiger partial charge in [0, 0.05) is 0 Å². The molecule has 0 aromatic rings. The SMILES string of the molecule is CCCC1=C(C)[C]([Hf+2][C]2=CCC(CCC)=C2C)=CC1.[Cl-].[Cl-]. The van der Waals surface area contributed by atoms with Crippen molar-refractivity contribution in [2.45, 2.75) is 66.2 Å². The molecule has 0 bridgehead atoms. The quantitative estimate of drug-likeness (QED) is 0.455. The van der Waals surface area contributed by atoms with E-state index in [1.807, 2.05) is 0 Å². The first-order valence-corrected chi connectivity index (χ1v) is 11.3. The summed E-state index contributed by atoms with van der Waals surface area (Å²) in [6, 6.07) is 0. The number of allylic oxidation sites excluding steroid dienone is 8. The molecule has 2 aliphatic carbocycles. The molecule has 116 valence electrons. The van der Waals surface area contributed by atoms with E-state index in [0.717, 1.165) is 0 Å². The van der Waals surface area contributed by atoms with E-state index in [4.69, 9.17) is 0 Å². The van der Waals surface area contributed by atoms with Crippen molar-refractivity contribution in [1.29, 1.82) is 0 Å². The van der Waals surface area contributed by atoms with Crippen molar-refractivity contribution in [3.8, 4) is 0 Å². The van der Waals surface area contributed by atoms with Gasteiger partial charge >= 0.3 is 130 Å². The topological polar surface area (TPSA) is 0 Å². The minimum Gasteiger partial charge on any atom is -1.00 e. The van der Waals surface area contributed by atoms with Gasteiger partial charge in [-0.15, -0.1) is 0 Å². The molecule has 0 radical (unpaired) electrons. The molecule has 0 N–H and O–H groups in total. The van der Waals surface area contributed by atoms with Gasteiger partial charge in [-0.05, 0) is 0 Å². The number of hydrogen-bond donors (Lipinski definition) is 0. The van der Waals surface area contributed by atoms with E-state index in [-0.39, 0.29) is 24.8 Å². The van der Waals surface area contributed by atoms with Gasteiger partial charge in [-0.3, -0.25) is 0 Å². The molecule has 0 atom stereocenters. The van der Waals surface area contributed by atoms with Crippen LogP contribution >= 0.6 is 0 Å². The number of hydrogen-bond acceptors (Lipinski definition) is 0. The van der Waals surface area contributed by atoms with E-state index >= 15 is 0 Å². The Morgan fingerprint density at radius 3 is 1.52 bits per heavy atom. The Morgan fingerprint density at radius 1 is 0.810 bits per heavy atom. The molecule has 0 spiro atoms. The summed E-state index contributed by atoms with van der Waals surface area (Å²) in [5, 5.41) is 0. The van der Waals surface area contributed by atoms with Crippen LogP contribution < -0.4 is 24.8 Å². The van der Waals surface area contributed by atoms with Gasteiger partial charge < -0.3 is 24.8 Å². The Balaban J connectivity index is 0.00000200. The zero-order chi connectivity index (χ0) is 13.8. The second-order valence-electron chi connectivity index (χ2n) is 5.73. The van der Waals surface area contributed by atoms with Crippen LogP contribution in [0.25, 0.3) is 0 Å². The van der Waals surface area contributed by atoms with Crippen LogP contribution in [0.3, 0.4) is 0 Å². The predicted molar refractivity (Wildman–Crippen MR) is 80.6 cm³/mol. The van der Waals surface area contributed by atoms with E-state index in [1.165, 1.54) is 38.5 Å². The molecule has 0 amide bonds. The summed E-state index contributed by atoms with van der Waals surface area (Å²) in [5.74, 6) is 0. The van der Waals surface area contributed by atoms with Gasteiger partial charge in [-0.2, -0.15) is 0 Å². The maximum absolute atomic E-state index is 2.55. The Hall–Kier alpha value is 0.410. The number of rotatable bonds is 6. The molecular weight excluding hydrogens is 466 g/mol. The Bertz CT molecular complexity index is 437. The summed E-state index contributed by atoms with van der Waals surface area (Å²) >= 11 is -0.776. The normalized spacial score (nSPS) is 17.1. The van der Waals surface area contributed by atoms with Gasteiger partial charge in [0.1, 0.15) is 0 Å². The third kappa shape index (κ3) is 5.22. The molecule has 0 unspecified atom stereocenters. The third-order valence-corrected chi connectivity index (χ3v) is 10.4. The van der Waals surface area contributed by atoms with Gasteiger partial charge in [0.25, 0.3) is 0 Å². The first kappa shape index (κ1) is 21.4. The number of halogens is 2. The molecule has 0 aromatic heterocycles. The zero-order valence-electron chi connectivity index (χ0n) is 13.7. The molecule has 3 heteroatoms. The van der Waals surface area contributed by atoms with Crippen LogP contribution in [0.2, 0.25) is 0 Å². The van der Waals surface area contributed by atoms with Gasteiger partial charge in [-0.1, -0.05) is 0 Å². The molecule has 0 fully saturated rings. The van der Waals surface area contributed by atoms with Crippen LogP contribution in [-0.2, 0) is 22.9 Å². The molecule has 2 rings (SSSR count). The third-order valence-electron chi connectivity index (χ3n) is 4.35. The smallest absolute Gasteiger partial charge is 1.00 e. The summed E-state index contributed by atoms with van der Waals surface area (Å²) in [7, 11) is 0. The van der Waals surface area contributed by atoms with Crippen molar-refractivity contribution in [2.24, 2.45) is 0 Å². The molecule has 0 nitrogen and oxygen atoms in total. The van der Waals surface area contributed by atoms with Crippen molar-refractivity contribution in [3.05, 3.63) is 41.1 Å². The van der Waals surface area contributed by atoms with Crippen molar-refractivity contribution in [2.75, 3.05) is 0 Å². The minimum absolute atomic E-state index is 0. The Morgan fingerprint density at radius 2 is 1.19 bits per heavy atom. The van der Waals surface area contributed by atoms with E-state index in [0.29, 0.717) is 0 Å². The second kappa shape index (κ2) is 10.2. The first-order chi connectivity index (χ1) is 9.17. The average molecular weight is 492 g/mol. The summed E-state index contributed by atoms with van der Waals surface area (Å²) in [6.07, 6.45) is 12.8. The molecule has 0 aliphatic heterocycles. The summed E-state index contributed by atoms with van der Waals surface area (Å²) in [6.45, 7) is 9.34. The summed E-state index contributed by atoms with van der Waals surface area (Å²) in [4.78, 5) is 0.